The summed E-state index contributed by atoms with van der Waals surface area (Å²) in [6, 6.07) is 4.56. The van der Waals surface area contributed by atoms with E-state index in [0.29, 0.717) is 10.4 Å². The number of thiophene rings is 1. The summed E-state index contributed by atoms with van der Waals surface area (Å²) < 4.78 is 15.4. The lowest BCUT2D eigenvalue weighted by Gasteiger charge is -2.01. The van der Waals surface area contributed by atoms with Gasteiger partial charge < -0.3 is 9.67 Å². The molecule has 1 aromatic carbocycles. The van der Waals surface area contributed by atoms with Crippen molar-refractivity contribution in [3.63, 3.8) is 0 Å². The minimum Gasteiger partial charge on any atom is -0.477 e. The van der Waals surface area contributed by atoms with Crippen LogP contribution in [0.3, 0.4) is 0 Å². The summed E-state index contributed by atoms with van der Waals surface area (Å²) in [5.74, 6) is -1.28. The summed E-state index contributed by atoms with van der Waals surface area (Å²) in [5.41, 5.74) is 3.21. The molecule has 0 saturated heterocycles. The van der Waals surface area contributed by atoms with Gasteiger partial charge in [0.15, 0.2) is 0 Å². The Morgan fingerprint density at radius 2 is 2.15 bits per heavy atom. The Bertz CT molecular complexity index is 832. The second kappa shape index (κ2) is 4.45. The van der Waals surface area contributed by atoms with Crippen LogP contribution in [0.2, 0.25) is 0 Å². The van der Waals surface area contributed by atoms with Crippen LogP contribution in [0.4, 0.5) is 4.39 Å². The van der Waals surface area contributed by atoms with Gasteiger partial charge in [0.1, 0.15) is 10.7 Å². The van der Waals surface area contributed by atoms with Gasteiger partial charge in [-0.3, -0.25) is 0 Å². The highest BCUT2D eigenvalue weighted by molar-refractivity contribution is 7.12. The molecule has 20 heavy (non-hydrogen) atoms. The van der Waals surface area contributed by atoms with Crippen LogP contribution < -0.4 is 0 Å². The third-order valence-electron chi connectivity index (χ3n) is 3.39. The maximum absolute atomic E-state index is 13.5. The van der Waals surface area contributed by atoms with Crippen molar-refractivity contribution < 1.29 is 14.3 Å². The zero-order chi connectivity index (χ0) is 14.4. The molecule has 3 rings (SSSR count). The Kier molecular flexibility index (Phi) is 2.87. The van der Waals surface area contributed by atoms with Crippen molar-refractivity contribution in [1.82, 2.24) is 4.57 Å². The molecule has 0 fully saturated rings. The van der Waals surface area contributed by atoms with Crippen LogP contribution in [-0.2, 0) is 7.05 Å². The summed E-state index contributed by atoms with van der Waals surface area (Å²) in [5, 5.41) is 11.9. The molecule has 5 heteroatoms. The standard InChI is InChI=1S/C15H12FNO2S/c1-8-7-20-14(15(18)19)13(8)11-6-17(2)12-4-3-9(16)5-10(11)12/h3-7H,1-2H3,(H,18,19). The van der Waals surface area contributed by atoms with E-state index in [-0.39, 0.29) is 5.82 Å². The summed E-state index contributed by atoms with van der Waals surface area (Å²) in [6.07, 6.45) is 1.85. The third-order valence-corrected chi connectivity index (χ3v) is 4.48. The van der Waals surface area contributed by atoms with Gasteiger partial charge in [-0.2, -0.15) is 0 Å². The van der Waals surface area contributed by atoms with Crippen LogP contribution in [0, 0.1) is 12.7 Å². The summed E-state index contributed by atoms with van der Waals surface area (Å²) >= 11 is 1.20. The molecule has 0 atom stereocenters. The van der Waals surface area contributed by atoms with Gasteiger partial charge in [0.2, 0.25) is 0 Å². The van der Waals surface area contributed by atoms with Gasteiger partial charge in [-0.25, -0.2) is 9.18 Å². The smallest absolute Gasteiger partial charge is 0.346 e. The van der Waals surface area contributed by atoms with Gasteiger partial charge >= 0.3 is 5.97 Å². The van der Waals surface area contributed by atoms with E-state index in [1.165, 1.54) is 23.5 Å². The first-order valence-electron chi connectivity index (χ1n) is 6.05. The molecule has 0 saturated carbocycles. The molecule has 0 aliphatic heterocycles. The van der Waals surface area contributed by atoms with Crippen LogP contribution >= 0.6 is 11.3 Å². The zero-order valence-corrected chi connectivity index (χ0v) is 11.8. The molecule has 2 heterocycles. The van der Waals surface area contributed by atoms with E-state index in [1.807, 2.05) is 30.1 Å². The van der Waals surface area contributed by atoms with Crippen molar-refractivity contribution in [3.8, 4) is 11.1 Å². The third kappa shape index (κ3) is 1.82. The topological polar surface area (TPSA) is 42.2 Å². The second-order valence-electron chi connectivity index (χ2n) is 4.74. The van der Waals surface area contributed by atoms with E-state index in [4.69, 9.17) is 0 Å². The normalized spacial score (nSPS) is 11.2. The molecule has 0 aliphatic carbocycles. The molecule has 3 aromatic rings. The van der Waals surface area contributed by atoms with Gasteiger partial charge in [0.05, 0.1) is 0 Å². The van der Waals surface area contributed by atoms with Gasteiger partial charge in [0, 0.05) is 35.3 Å². The van der Waals surface area contributed by atoms with Crippen molar-refractivity contribution in [3.05, 3.63) is 46.0 Å². The second-order valence-corrected chi connectivity index (χ2v) is 5.62. The van der Waals surface area contributed by atoms with Crippen LogP contribution in [0.25, 0.3) is 22.0 Å². The number of nitrogens with zero attached hydrogens (tertiary/aromatic N) is 1. The molecule has 0 amide bonds. The number of rotatable bonds is 2. The number of halogens is 1. The van der Waals surface area contributed by atoms with E-state index in [2.05, 4.69) is 0 Å². The number of carboxylic acids is 1. The first-order valence-corrected chi connectivity index (χ1v) is 6.93. The molecular formula is C15H12FNO2S. The molecular weight excluding hydrogens is 277 g/mol. The fraction of sp³-hybridized carbons (Fsp3) is 0.133. The highest BCUT2D eigenvalue weighted by atomic mass is 32.1. The van der Waals surface area contributed by atoms with E-state index in [1.54, 1.807) is 6.07 Å². The SMILES string of the molecule is Cc1csc(C(=O)O)c1-c1cn(C)c2ccc(F)cc12. The Morgan fingerprint density at radius 3 is 2.85 bits per heavy atom. The number of carbonyl (C=O) groups is 1. The van der Waals surface area contributed by atoms with Gasteiger partial charge in [-0.1, -0.05) is 0 Å². The van der Waals surface area contributed by atoms with Gasteiger partial charge in [-0.05, 0) is 36.1 Å². The number of hydrogen-bond donors (Lipinski definition) is 1. The average molecular weight is 289 g/mol. The number of aromatic nitrogens is 1. The highest BCUT2D eigenvalue weighted by Crippen LogP contribution is 2.37. The van der Waals surface area contributed by atoms with E-state index >= 15 is 0 Å². The number of hydrogen-bond acceptors (Lipinski definition) is 2. The molecule has 0 unspecified atom stereocenters. The summed E-state index contributed by atoms with van der Waals surface area (Å²) in [7, 11) is 1.87. The fourth-order valence-corrected chi connectivity index (χ4v) is 3.40. The fourth-order valence-electron chi connectivity index (χ4n) is 2.50. The van der Waals surface area contributed by atoms with Crippen LogP contribution in [0.5, 0.6) is 0 Å². The number of aryl methyl sites for hydroxylation is 2. The Hall–Kier alpha value is -2.14. The number of aromatic carboxylic acids is 1. The minimum atomic E-state index is -0.952. The van der Waals surface area contributed by atoms with Gasteiger partial charge in [0.25, 0.3) is 0 Å². The summed E-state index contributed by atoms with van der Waals surface area (Å²) in [6.45, 7) is 1.87. The predicted molar refractivity (Wildman–Crippen MR) is 77.9 cm³/mol. The number of fused-ring (bicyclic) bond motifs is 1. The van der Waals surface area contributed by atoms with Crippen molar-refractivity contribution in [2.75, 3.05) is 0 Å². The van der Waals surface area contributed by atoms with Crippen molar-refractivity contribution in [2.24, 2.45) is 7.05 Å². The Labute approximate surface area is 118 Å². The lowest BCUT2D eigenvalue weighted by atomic mass is 10.0. The molecule has 3 nitrogen and oxygen atoms in total. The van der Waals surface area contributed by atoms with Crippen LogP contribution in [-0.4, -0.2) is 15.6 Å². The molecule has 1 N–H and O–H groups in total. The van der Waals surface area contributed by atoms with Crippen molar-refractivity contribution >= 4 is 28.2 Å². The maximum atomic E-state index is 13.5. The Balaban J connectivity index is 2.38. The monoisotopic (exact) mass is 289 g/mol. The Morgan fingerprint density at radius 1 is 1.40 bits per heavy atom. The quantitative estimate of drug-likeness (QED) is 0.773. The van der Waals surface area contributed by atoms with Crippen LogP contribution in [0.1, 0.15) is 15.2 Å². The average Bonchev–Trinajstić information content (AvgIpc) is 2.90. The lowest BCUT2D eigenvalue weighted by molar-refractivity contribution is 0.0703. The molecule has 0 bridgehead atoms. The van der Waals surface area contributed by atoms with Gasteiger partial charge in [-0.15, -0.1) is 11.3 Å². The molecule has 102 valence electrons. The molecule has 0 radical (unpaired) electrons. The number of benzene rings is 1. The molecule has 0 spiro atoms. The predicted octanol–water partition coefficient (Wildman–Crippen LogP) is 4.05. The van der Waals surface area contributed by atoms with E-state index in [9.17, 15) is 14.3 Å². The lowest BCUT2D eigenvalue weighted by Crippen LogP contribution is -1.95. The minimum absolute atomic E-state index is 0.291. The van der Waals surface area contributed by atoms with E-state index < -0.39 is 5.97 Å². The summed E-state index contributed by atoms with van der Waals surface area (Å²) in [4.78, 5) is 11.6. The highest BCUT2D eigenvalue weighted by Gasteiger charge is 2.20. The first-order chi connectivity index (χ1) is 9.49. The molecule has 0 aliphatic rings. The van der Waals surface area contributed by atoms with Crippen LogP contribution in [0.15, 0.2) is 29.8 Å². The maximum Gasteiger partial charge on any atom is 0.346 e. The van der Waals surface area contributed by atoms with Crippen molar-refractivity contribution in [2.45, 2.75) is 6.92 Å². The largest absolute Gasteiger partial charge is 0.477 e. The van der Waals surface area contributed by atoms with Crippen molar-refractivity contribution in [1.29, 1.82) is 0 Å². The first kappa shape index (κ1) is 12.9. The number of carboxylic acid groups (broad SMARTS) is 1. The molecule has 2 aromatic heterocycles. The van der Waals surface area contributed by atoms with E-state index in [0.717, 1.165) is 22.0 Å². The zero-order valence-electron chi connectivity index (χ0n) is 11.0.